The van der Waals surface area contributed by atoms with Gasteiger partial charge in [0.25, 0.3) is 0 Å². The molecule has 0 aromatic carbocycles. The van der Waals surface area contributed by atoms with Gasteiger partial charge in [-0.3, -0.25) is 0 Å². The fourth-order valence-corrected chi connectivity index (χ4v) is 5.72. The molecule has 2 atom stereocenters. The Morgan fingerprint density at radius 2 is 2.27 bits per heavy atom. The topological polar surface area (TPSA) is 26.3 Å². The first-order valence-corrected chi connectivity index (χ1v) is 8.17. The average Bonchev–Trinajstić information content (AvgIpc) is 2.13. The normalized spacial score (nSPS) is 36.4. The van der Waals surface area contributed by atoms with Gasteiger partial charge >= 0.3 is 0 Å². The SMILES string of the molecule is CCC[P@@]1(=O)CC=C(Cl)[C@](C)(OCC)C1. The third kappa shape index (κ3) is 3.09. The van der Waals surface area contributed by atoms with Crippen molar-refractivity contribution < 1.29 is 9.30 Å². The third-order valence-corrected chi connectivity index (χ3v) is 6.64. The van der Waals surface area contributed by atoms with E-state index in [0.29, 0.717) is 24.0 Å². The summed E-state index contributed by atoms with van der Waals surface area (Å²) in [6, 6.07) is 0. The molecule has 0 amide bonds. The Kier molecular flexibility index (Phi) is 4.46. The first-order valence-electron chi connectivity index (χ1n) is 5.53. The van der Waals surface area contributed by atoms with Crippen molar-refractivity contribution in [3.63, 3.8) is 0 Å². The molecule has 0 saturated carbocycles. The predicted molar refractivity (Wildman–Crippen MR) is 66.5 cm³/mol. The van der Waals surface area contributed by atoms with E-state index < -0.39 is 12.7 Å². The monoisotopic (exact) mass is 250 g/mol. The van der Waals surface area contributed by atoms with Crippen LogP contribution in [0.15, 0.2) is 11.1 Å². The molecule has 0 saturated heterocycles. The van der Waals surface area contributed by atoms with Gasteiger partial charge in [-0.05, 0) is 20.3 Å². The highest BCUT2D eigenvalue weighted by atomic mass is 35.5. The smallest absolute Gasteiger partial charge is 0.107 e. The Labute approximate surface area is 97.4 Å². The molecule has 1 heterocycles. The zero-order valence-corrected chi connectivity index (χ0v) is 11.4. The molecule has 0 aliphatic carbocycles. The van der Waals surface area contributed by atoms with Crippen LogP contribution in [0.4, 0.5) is 0 Å². The summed E-state index contributed by atoms with van der Waals surface area (Å²) in [4.78, 5) is 0. The molecule has 1 aliphatic rings. The summed E-state index contributed by atoms with van der Waals surface area (Å²) in [7, 11) is -2.09. The minimum absolute atomic E-state index is 0.515. The summed E-state index contributed by atoms with van der Waals surface area (Å²) < 4.78 is 18.1. The molecule has 2 nitrogen and oxygen atoms in total. The highest BCUT2D eigenvalue weighted by molar-refractivity contribution is 7.64. The Morgan fingerprint density at radius 1 is 1.60 bits per heavy atom. The minimum atomic E-state index is -2.09. The maximum atomic E-state index is 12.5. The van der Waals surface area contributed by atoms with Gasteiger partial charge in [-0.15, -0.1) is 0 Å². The molecule has 15 heavy (non-hydrogen) atoms. The van der Waals surface area contributed by atoms with E-state index in [1.54, 1.807) is 0 Å². The summed E-state index contributed by atoms with van der Waals surface area (Å²) >= 11 is 6.15. The molecule has 0 unspecified atom stereocenters. The number of halogens is 1. The quantitative estimate of drug-likeness (QED) is 0.712. The van der Waals surface area contributed by atoms with Crippen LogP contribution < -0.4 is 0 Å². The van der Waals surface area contributed by atoms with Gasteiger partial charge in [-0.1, -0.05) is 24.6 Å². The van der Waals surface area contributed by atoms with Crippen LogP contribution in [0.5, 0.6) is 0 Å². The van der Waals surface area contributed by atoms with Gasteiger partial charge in [0, 0.05) is 30.1 Å². The molecular formula is C11H20ClO2P. The molecule has 0 N–H and O–H groups in total. The number of ether oxygens (including phenoxy) is 1. The van der Waals surface area contributed by atoms with E-state index in [4.69, 9.17) is 16.3 Å². The van der Waals surface area contributed by atoms with Gasteiger partial charge in [-0.25, -0.2) is 0 Å². The van der Waals surface area contributed by atoms with Gasteiger partial charge < -0.3 is 9.30 Å². The van der Waals surface area contributed by atoms with Crippen LogP contribution >= 0.6 is 18.7 Å². The van der Waals surface area contributed by atoms with E-state index in [2.05, 4.69) is 6.92 Å². The molecule has 4 heteroatoms. The van der Waals surface area contributed by atoms with Crippen LogP contribution in [0.25, 0.3) is 0 Å². The van der Waals surface area contributed by atoms with Crippen LogP contribution in [0, 0.1) is 0 Å². The lowest BCUT2D eigenvalue weighted by Crippen LogP contribution is -2.37. The first kappa shape index (κ1) is 13.3. The van der Waals surface area contributed by atoms with Gasteiger partial charge in [-0.2, -0.15) is 0 Å². The molecular weight excluding hydrogens is 231 g/mol. The minimum Gasteiger partial charge on any atom is -0.369 e. The highest BCUT2D eigenvalue weighted by Gasteiger charge is 2.40. The van der Waals surface area contributed by atoms with Crippen LogP contribution in [0.2, 0.25) is 0 Å². The lowest BCUT2D eigenvalue weighted by Gasteiger charge is -2.36. The molecule has 0 bridgehead atoms. The molecule has 88 valence electrons. The number of hydrogen-bond donors (Lipinski definition) is 0. The van der Waals surface area contributed by atoms with Crippen LogP contribution in [0.1, 0.15) is 27.2 Å². The number of allylic oxidation sites excluding steroid dienone is 1. The fourth-order valence-electron chi connectivity index (χ4n) is 2.16. The highest BCUT2D eigenvalue weighted by Crippen LogP contribution is 2.54. The number of hydrogen-bond acceptors (Lipinski definition) is 2. The molecule has 0 aromatic heterocycles. The fraction of sp³-hybridized carbons (Fsp3) is 0.818. The zero-order chi connectivity index (χ0) is 11.5. The second-order valence-electron chi connectivity index (χ2n) is 4.34. The molecule has 1 aliphatic heterocycles. The van der Waals surface area contributed by atoms with Crippen molar-refractivity contribution in [2.75, 3.05) is 25.1 Å². The maximum absolute atomic E-state index is 12.5. The first-order chi connectivity index (χ1) is 6.96. The Hall–Kier alpha value is 0.220. The van der Waals surface area contributed by atoms with Crippen molar-refractivity contribution in [1.29, 1.82) is 0 Å². The standard InChI is InChI=1S/C11H20ClO2P/c1-4-7-15(13)8-6-10(12)11(3,9-15)14-5-2/h6H,4-5,7-9H2,1-3H3/t11-,15-/m1/s1. The van der Waals surface area contributed by atoms with Crippen LogP contribution in [0.3, 0.4) is 0 Å². The summed E-state index contributed by atoms with van der Waals surface area (Å²) in [5, 5.41) is 0.715. The Balaban J connectivity index is 2.87. The molecule has 1 rings (SSSR count). The van der Waals surface area contributed by atoms with Crippen molar-refractivity contribution >= 4 is 18.7 Å². The summed E-state index contributed by atoms with van der Waals surface area (Å²) in [6.45, 7) is 6.55. The second-order valence-corrected chi connectivity index (χ2v) is 7.99. The van der Waals surface area contributed by atoms with Crippen LogP contribution in [-0.4, -0.2) is 30.7 Å². The summed E-state index contributed by atoms with van der Waals surface area (Å²) in [6.07, 6.45) is 4.89. The Morgan fingerprint density at radius 3 is 2.80 bits per heavy atom. The van der Waals surface area contributed by atoms with E-state index >= 15 is 0 Å². The van der Waals surface area contributed by atoms with Gasteiger partial charge in [0.15, 0.2) is 0 Å². The predicted octanol–water partition coefficient (Wildman–Crippen LogP) is 3.69. The van der Waals surface area contributed by atoms with Gasteiger partial charge in [0.2, 0.25) is 0 Å². The van der Waals surface area contributed by atoms with Crippen molar-refractivity contribution in [3.8, 4) is 0 Å². The van der Waals surface area contributed by atoms with E-state index in [1.165, 1.54) is 0 Å². The van der Waals surface area contributed by atoms with Crippen LogP contribution in [-0.2, 0) is 9.30 Å². The van der Waals surface area contributed by atoms with Crippen molar-refractivity contribution in [2.45, 2.75) is 32.8 Å². The van der Waals surface area contributed by atoms with E-state index in [9.17, 15) is 4.57 Å². The lowest BCUT2D eigenvalue weighted by molar-refractivity contribution is 0.0261. The van der Waals surface area contributed by atoms with E-state index in [0.717, 1.165) is 12.6 Å². The molecule has 0 spiro atoms. The maximum Gasteiger partial charge on any atom is 0.107 e. The number of rotatable bonds is 4. The van der Waals surface area contributed by atoms with Crippen molar-refractivity contribution in [2.24, 2.45) is 0 Å². The summed E-state index contributed by atoms with van der Waals surface area (Å²) in [5.74, 6) is 0. The van der Waals surface area contributed by atoms with E-state index in [-0.39, 0.29) is 0 Å². The second kappa shape index (κ2) is 5.03. The van der Waals surface area contributed by atoms with Gasteiger partial charge in [0.1, 0.15) is 5.60 Å². The van der Waals surface area contributed by atoms with E-state index in [1.807, 2.05) is 19.9 Å². The molecule has 0 aromatic rings. The largest absolute Gasteiger partial charge is 0.369 e. The molecule has 0 radical (unpaired) electrons. The van der Waals surface area contributed by atoms with Crippen molar-refractivity contribution in [1.82, 2.24) is 0 Å². The third-order valence-electron chi connectivity index (χ3n) is 2.79. The van der Waals surface area contributed by atoms with Gasteiger partial charge in [0.05, 0.1) is 7.14 Å². The summed E-state index contributed by atoms with van der Waals surface area (Å²) in [5.41, 5.74) is -0.515. The zero-order valence-electron chi connectivity index (χ0n) is 9.75. The Bertz CT molecular complexity index is 301. The lowest BCUT2D eigenvalue weighted by atomic mass is 10.1. The average molecular weight is 251 g/mol. The molecule has 0 fully saturated rings. The van der Waals surface area contributed by atoms with Crippen molar-refractivity contribution in [3.05, 3.63) is 11.1 Å².